The molecule has 2 aromatic carbocycles. The fourth-order valence-corrected chi connectivity index (χ4v) is 2.80. The lowest BCUT2D eigenvalue weighted by Crippen LogP contribution is -2.16. The highest BCUT2D eigenvalue weighted by Gasteiger charge is 2.29. The Hall–Kier alpha value is -3.00. The van der Waals surface area contributed by atoms with E-state index in [-0.39, 0.29) is 11.9 Å². The highest BCUT2D eigenvalue weighted by molar-refractivity contribution is 6.31. The van der Waals surface area contributed by atoms with Gasteiger partial charge in [-0.1, -0.05) is 23.7 Å². The number of aromatic nitrogens is 1. The second kappa shape index (κ2) is 6.96. The van der Waals surface area contributed by atoms with E-state index in [1.807, 2.05) is 0 Å². The summed E-state index contributed by atoms with van der Waals surface area (Å²) < 4.78 is 44.1. The summed E-state index contributed by atoms with van der Waals surface area (Å²) in [4.78, 5) is 23.2. The van der Waals surface area contributed by atoms with E-state index in [0.29, 0.717) is 16.1 Å². The Morgan fingerprint density at radius 1 is 1.15 bits per heavy atom. The predicted octanol–water partition coefficient (Wildman–Crippen LogP) is 4.78. The Balaban J connectivity index is 2.09. The smallest absolute Gasteiger partial charge is 0.449 e. The fraction of sp³-hybridized carbons (Fsp3) is 0.111. The standard InChI is InChI=1S/C18H11ClF3NO4/c19-12-5-6-13-14(7-12)23(9-15(16(13)24)27-17(25)26)8-10-1-3-11(4-2-10)18(20,21)22/h1-7,9H,8H2,(H,25,26). The molecule has 27 heavy (non-hydrogen) atoms. The number of alkyl halides is 3. The minimum Gasteiger partial charge on any atom is -0.449 e. The molecule has 9 heteroatoms. The first-order valence-electron chi connectivity index (χ1n) is 7.55. The third kappa shape index (κ3) is 4.06. The zero-order valence-corrected chi connectivity index (χ0v) is 14.2. The summed E-state index contributed by atoms with van der Waals surface area (Å²) in [7, 11) is 0. The van der Waals surface area contributed by atoms with Gasteiger partial charge in [-0.25, -0.2) is 4.79 Å². The maximum Gasteiger partial charge on any atom is 0.511 e. The predicted molar refractivity (Wildman–Crippen MR) is 92.4 cm³/mol. The Bertz CT molecular complexity index is 1070. The van der Waals surface area contributed by atoms with Gasteiger partial charge >= 0.3 is 12.3 Å². The van der Waals surface area contributed by atoms with Crippen molar-refractivity contribution in [2.45, 2.75) is 12.7 Å². The summed E-state index contributed by atoms with van der Waals surface area (Å²) in [6.07, 6.45) is -4.91. The van der Waals surface area contributed by atoms with Crippen LogP contribution in [0.15, 0.2) is 53.5 Å². The first kappa shape index (κ1) is 18.8. The number of pyridine rings is 1. The van der Waals surface area contributed by atoms with Gasteiger partial charge in [0.15, 0.2) is 5.75 Å². The molecule has 0 aliphatic carbocycles. The fourth-order valence-electron chi connectivity index (χ4n) is 2.63. The van der Waals surface area contributed by atoms with Crippen LogP contribution in [-0.2, 0) is 12.7 Å². The lowest BCUT2D eigenvalue weighted by Gasteiger charge is -2.14. The van der Waals surface area contributed by atoms with Crippen molar-refractivity contribution >= 4 is 28.7 Å². The van der Waals surface area contributed by atoms with E-state index in [0.717, 1.165) is 12.1 Å². The van der Waals surface area contributed by atoms with Crippen LogP contribution in [0.4, 0.5) is 18.0 Å². The van der Waals surface area contributed by atoms with Gasteiger partial charge in [0.25, 0.3) is 0 Å². The number of rotatable bonds is 3. The number of nitrogens with zero attached hydrogens (tertiary/aromatic N) is 1. The van der Waals surface area contributed by atoms with Gasteiger partial charge in [-0.15, -0.1) is 0 Å². The third-order valence-electron chi connectivity index (χ3n) is 3.84. The van der Waals surface area contributed by atoms with E-state index >= 15 is 0 Å². The van der Waals surface area contributed by atoms with Crippen LogP contribution in [0, 0.1) is 0 Å². The van der Waals surface area contributed by atoms with Gasteiger partial charge in [0.2, 0.25) is 5.43 Å². The van der Waals surface area contributed by atoms with E-state index in [9.17, 15) is 22.8 Å². The molecule has 5 nitrogen and oxygen atoms in total. The average molecular weight is 398 g/mol. The molecule has 0 unspecified atom stereocenters. The van der Waals surface area contributed by atoms with Crippen LogP contribution in [0.3, 0.4) is 0 Å². The van der Waals surface area contributed by atoms with Crippen LogP contribution in [0.5, 0.6) is 5.75 Å². The zero-order valence-electron chi connectivity index (χ0n) is 13.5. The molecule has 1 aromatic heterocycles. The quantitative estimate of drug-likeness (QED) is 0.646. The zero-order chi connectivity index (χ0) is 19.8. The van der Waals surface area contributed by atoms with Gasteiger partial charge in [0.1, 0.15) is 0 Å². The summed E-state index contributed by atoms with van der Waals surface area (Å²) in [6.45, 7) is 0.0746. The summed E-state index contributed by atoms with van der Waals surface area (Å²) in [6, 6.07) is 8.90. The first-order valence-corrected chi connectivity index (χ1v) is 7.92. The highest BCUT2D eigenvalue weighted by Crippen LogP contribution is 2.29. The average Bonchev–Trinajstić information content (AvgIpc) is 2.58. The number of halogens is 4. The second-order valence-corrected chi connectivity index (χ2v) is 6.11. The number of carboxylic acid groups (broad SMARTS) is 1. The van der Waals surface area contributed by atoms with Crippen LogP contribution < -0.4 is 10.2 Å². The molecule has 0 amide bonds. The van der Waals surface area contributed by atoms with Crippen molar-refractivity contribution in [3.05, 3.63) is 75.0 Å². The van der Waals surface area contributed by atoms with Gasteiger partial charge in [0.05, 0.1) is 17.3 Å². The number of fused-ring (bicyclic) bond motifs is 1. The summed E-state index contributed by atoms with van der Waals surface area (Å²) in [5, 5.41) is 9.31. The van der Waals surface area contributed by atoms with Crippen molar-refractivity contribution < 1.29 is 27.8 Å². The van der Waals surface area contributed by atoms with Crippen LogP contribution in [-0.4, -0.2) is 15.8 Å². The van der Waals surface area contributed by atoms with Crippen molar-refractivity contribution in [3.63, 3.8) is 0 Å². The molecular weight excluding hydrogens is 387 g/mol. The minimum absolute atomic E-state index is 0.0746. The molecule has 0 atom stereocenters. The van der Waals surface area contributed by atoms with E-state index < -0.39 is 29.1 Å². The molecular formula is C18H11ClF3NO4. The SMILES string of the molecule is O=C(O)Oc1cn(Cc2ccc(C(F)(F)F)cc2)c2cc(Cl)ccc2c1=O. The summed E-state index contributed by atoms with van der Waals surface area (Å²) in [5.74, 6) is -0.413. The molecule has 1 N–H and O–H groups in total. The van der Waals surface area contributed by atoms with E-state index in [1.165, 1.54) is 41.1 Å². The van der Waals surface area contributed by atoms with Crippen molar-refractivity contribution in [1.82, 2.24) is 4.57 Å². The molecule has 0 saturated carbocycles. The van der Waals surface area contributed by atoms with Crippen LogP contribution in [0.25, 0.3) is 10.9 Å². The van der Waals surface area contributed by atoms with Crippen molar-refractivity contribution in [2.75, 3.05) is 0 Å². The van der Waals surface area contributed by atoms with Gasteiger partial charge in [0, 0.05) is 17.0 Å². The van der Waals surface area contributed by atoms with Gasteiger partial charge in [-0.05, 0) is 35.9 Å². The van der Waals surface area contributed by atoms with Crippen LogP contribution in [0.1, 0.15) is 11.1 Å². The maximum absolute atomic E-state index is 12.7. The van der Waals surface area contributed by atoms with Gasteiger partial charge in [-0.2, -0.15) is 13.2 Å². The molecule has 0 bridgehead atoms. The Morgan fingerprint density at radius 3 is 2.41 bits per heavy atom. The Kier molecular flexibility index (Phi) is 4.84. The van der Waals surface area contributed by atoms with Gasteiger partial charge in [-0.3, -0.25) is 4.79 Å². The first-order chi connectivity index (χ1) is 12.6. The molecule has 140 valence electrons. The summed E-state index contributed by atoms with van der Waals surface area (Å²) in [5.41, 5.74) is -0.513. The molecule has 0 fully saturated rings. The van der Waals surface area contributed by atoms with Crippen molar-refractivity contribution in [2.24, 2.45) is 0 Å². The Labute approximate surface area is 155 Å². The molecule has 3 rings (SSSR count). The molecule has 1 heterocycles. The highest BCUT2D eigenvalue weighted by atomic mass is 35.5. The van der Waals surface area contributed by atoms with Crippen LogP contribution >= 0.6 is 11.6 Å². The number of carbonyl (C=O) groups is 1. The van der Waals surface area contributed by atoms with E-state index in [2.05, 4.69) is 4.74 Å². The number of hydrogen-bond acceptors (Lipinski definition) is 3. The topological polar surface area (TPSA) is 68.5 Å². The van der Waals surface area contributed by atoms with E-state index in [4.69, 9.17) is 16.7 Å². The van der Waals surface area contributed by atoms with Gasteiger partial charge < -0.3 is 14.4 Å². The third-order valence-corrected chi connectivity index (χ3v) is 4.08. The molecule has 0 saturated heterocycles. The number of benzene rings is 2. The molecule has 0 radical (unpaired) electrons. The summed E-state index contributed by atoms with van der Waals surface area (Å²) >= 11 is 5.98. The number of ether oxygens (including phenoxy) is 1. The molecule has 0 aliphatic rings. The largest absolute Gasteiger partial charge is 0.511 e. The van der Waals surface area contributed by atoms with E-state index in [1.54, 1.807) is 0 Å². The Morgan fingerprint density at radius 2 is 1.81 bits per heavy atom. The monoisotopic (exact) mass is 397 g/mol. The van der Waals surface area contributed by atoms with Crippen LogP contribution in [0.2, 0.25) is 5.02 Å². The lowest BCUT2D eigenvalue weighted by atomic mass is 10.1. The molecule has 0 spiro atoms. The van der Waals surface area contributed by atoms with Crippen molar-refractivity contribution in [1.29, 1.82) is 0 Å². The minimum atomic E-state index is -4.45. The maximum atomic E-state index is 12.7. The second-order valence-electron chi connectivity index (χ2n) is 5.67. The lowest BCUT2D eigenvalue weighted by molar-refractivity contribution is -0.137. The molecule has 3 aromatic rings. The van der Waals surface area contributed by atoms with Crippen molar-refractivity contribution in [3.8, 4) is 5.75 Å². The molecule has 0 aliphatic heterocycles. The normalized spacial score (nSPS) is 11.6. The number of hydrogen-bond donors (Lipinski definition) is 1.